The Balaban J connectivity index is 1.63. The third-order valence-electron chi connectivity index (χ3n) is 4.70. The minimum atomic E-state index is -0.774. The predicted octanol–water partition coefficient (Wildman–Crippen LogP) is 3.70. The number of amides is 2. The normalized spacial score (nSPS) is 15.1. The summed E-state index contributed by atoms with van der Waals surface area (Å²) in [4.78, 5) is 37.8. The fraction of sp³-hybridized carbons (Fsp3) is 0.0435. The van der Waals surface area contributed by atoms with E-state index < -0.39 is 23.6 Å². The summed E-state index contributed by atoms with van der Waals surface area (Å²) >= 11 is 5.07. The van der Waals surface area contributed by atoms with Crippen molar-refractivity contribution in [3.8, 4) is 11.3 Å². The van der Waals surface area contributed by atoms with Gasteiger partial charge in [0, 0.05) is 5.56 Å². The highest BCUT2D eigenvalue weighted by molar-refractivity contribution is 7.80. The second-order valence-electron chi connectivity index (χ2n) is 6.68. The van der Waals surface area contributed by atoms with E-state index in [-0.39, 0.29) is 22.1 Å². The summed E-state index contributed by atoms with van der Waals surface area (Å²) in [6.07, 6.45) is 1.26. The van der Waals surface area contributed by atoms with Crippen molar-refractivity contribution in [2.24, 2.45) is 0 Å². The first-order valence-electron chi connectivity index (χ1n) is 9.33. The minimum absolute atomic E-state index is 0.0702. The van der Waals surface area contributed by atoms with E-state index in [2.05, 4.69) is 10.1 Å². The van der Waals surface area contributed by atoms with Crippen molar-refractivity contribution in [2.45, 2.75) is 0 Å². The van der Waals surface area contributed by atoms with Gasteiger partial charge in [0.1, 0.15) is 22.9 Å². The quantitative estimate of drug-likeness (QED) is 0.282. The van der Waals surface area contributed by atoms with Crippen LogP contribution in [0.1, 0.15) is 16.1 Å². The number of halogens is 1. The van der Waals surface area contributed by atoms with Crippen LogP contribution in [0.15, 0.2) is 70.7 Å². The molecule has 1 aromatic heterocycles. The molecule has 160 valence electrons. The molecule has 0 unspecified atom stereocenters. The van der Waals surface area contributed by atoms with Crippen molar-refractivity contribution in [1.29, 1.82) is 0 Å². The van der Waals surface area contributed by atoms with E-state index >= 15 is 0 Å². The molecule has 2 amide bonds. The fourth-order valence-corrected chi connectivity index (χ4v) is 3.40. The predicted molar refractivity (Wildman–Crippen MR) is 118 cm³/mol. The Hall–Kier alpha value is -4.11. The van der Waals surface area contributed by atoms with E-state index in [1.807, 2.05) is 0 Å². The van der Waals surface area contributed by atoms with Crippen molar-refractivity contribution in [3.05, 3.63) is 83.4 Å². The maximum Gasteiger partial charge on any atom is 0.337 e. The Kier molecular flexibility index (Phi) is 5.65. The van der Waals surface area contributed by atoms with Crippen LogP contribution in [-0.4, -0.2) is 30.0 Å². The molecule has 1 saturated heterocycles. The molecule has 0 saturated carbocycles. The molecule has 3 aromatic rings. The fourth-order valence-electron chi connectivity index (χ4n) is 3.13. The number of furan rings is 1. The number of nitrogens with zero attached hydrogens (tertiary/aromatic N) is 1. The van der Waals surface area contributed by atoms with E-state index in [1.54, 1.807) is 42.5 Å². The van der Waals surface area contributed by atoms with Crippen LogP contribution in [0, 0.1) is 5.82 Å². The van der Waals surface area contributed by atoms with Crippen LogP contribution in [0.3, 0.4) is 0 Å². The van der Waals surface area contributed by atoms with Gasteiger partial charge >= 0.3 is 5.97 Å². The van der Waals surface area contributed by atoms with Gasteiger partial charge in [-0.1, -0.05) is 24.3 Å². The summed E-state index contributed by atoms with van der Waals surface area (Å²) < 4.78 is 24.6. The summed E-state index contributed by atoms with van der Waals surface area (Å²) in [5, 5.41) is 2.18. The van der Waals surface area contributed by atoms with Gasteiger partial charge < -0.3 is 9.15 Å². The second kappa shape index (κ2) is 8.56. The van der Waals surface area contributed by atoms with Gasteiger partial charge in [0.15, 0.2) is 5.11 Å². The molecule has 4 rings (SSSR count). The molecule has 9 heteroatoms. The van der Waals surface area contributed by atoms with Crippen LogP contribution in [0.5, 0.6) is 0 Å². The maximum atomic E-state index is 14.2. The third kappa shape index (κ3) is 3.93. The van der Waals surface area contributed by atoms with E-state index in [1.165, 1.54) is 31.4 Å². The van der Waals surface area contributed by atoms with E-state index in [9.17, 15) is 18.8 Å². The molecule has 1 N–H and O–H groups in total. The number of benzene rings is 2. The third-order valence-corrected chi connectivity index (χ3v) is 4.98. The summed E-state index contributed by atoms with van der Waals surface area (Å²) in [7, 11) is 1.30. The molecule has 0 radical (unpaired) electrons. The summed E-state index contributed by atoms with van der Waals surface area (Å²) in [5.74, 6) is -1.91. The number of hydrogen-bond donors (Lipinski definition) is 1. The number of methoxy groups -OCH3 is 1. The maximum absolute atomic E-state index is 14.2. The molecule has 7 nitrogen and oxygen atoms in total. The van der Waals surface area contributed by atoms with Crippen molar-refractivity contribution in [2.75, 3.05) is 12.0 Å². The monoisotopic (exact) mass is 450 g/mol. The number of esters is 1. The number of carbonyl (C=O) groups is 3. The van der Waals surface area contributed by atoms with Gasteiger partial charge in [-0.25, -0.2) is 14.1 Å². The van der Waals surface area contributed by atoms with Gasteiger partial charge in [0.25, 0.3) is 11.8 Å². The molecule has 1 aliphatic heterocycles. The van der Waals surface area contributed by atoms with Gasteiger partial charge in [0.05, 0.1) is 18.4 Å². The molecule has 0 spiro atoms. The molecule has 2 heterocycles. The average Bonchev–Trinajstić information content (AvgIpc) is 3.26. The van der Waals surface area contributed by atoms with Gasteiger partial charge in [-0.15, -0.1) is 0 Å². The van der Waals surface area contributed by atoms with Crippen LogP contribution in [0.25, 0.3) is 17.4 Å². The highest BCUT2D eigenvalue weighted by atomic mass is 32.1. The minimum Gasteiger partial charge on any atom is -0.465 e. The van der Waals surface area contributed by atoms with Gasteiger partial charge in [-0.05, 0) is 54.7 Å². The molecule has 1 aliphatic rings. The lowest BCUT2D eigenvalue weighted by molar-refractivity contribution is -0.122. The SMILES string of the molecule is COC(=O)c1ccc(-c2ccc(/C=C3/C(=O)NC(=S)N(c4ccccc4F)C3=O)o2)cc1. The summed E-state index contributed by atoms with van der Waals surface area (Å²) in [6, 6.07) is 15.4. The van der Waals surface area contributed by atoms with Crippen molar-refractivity contribution in [3.63, 3.8) is 0 Å². The first-order valence-corrected chi connectivity index (χ1v) is 9.74. The Morgan fingerprint density at radius 2 is 1.81 bits per heavy atom. The molecule has 0 aliphatic carbocycles. The summed E-state index contributed by atoms with van der Waals surface area (Å²) in [5.41, 5.74) is 0.734. The highest BCUT2D eigenvalue weighted by Crippen LogP contribution is 2.27. The standard InChI is InChI=1S/C23H15FN2O5S/c1-30-22(29)14-8-6-13(7-9-14)19-11-10-15(31-19)12-16-20(27)25-23(32)26(21(16)28)18-5-3-2-4-17(18)24/h2-12H,1H3,(H,25,27,32)/b16-12-. The first-order chi connectivity index (χ1) is 15.4. The number of ether oxygens (including phenoxy) is 1. The largest absolute Gasteiger partial charge is 0.465 e. The molecule has 0 atom stereocenters. The van der Waals surface area contributed by atoms with Crippen LogP contribution in [0.2, 0.25) is 0 Å². The lowest BCUT2D eigenvalue weighted by Gasteiger charge is -2.28. The van der Waals surface area contributed by atoms with Crippen LogP contribution in [0.4, 0.5) is 10.1 Å². The number of hydrogen-bond acceptors (Lipinski definition) is 6. The smallest absolute Gasteiger partial charge is 0.337 e. The Bertz CT molecular complexity index is 1280. The van der Waals surface area contributed by atoms with E-state index in [4.69, 9.17) is 16.6 Å². The number of nitrogens with one attached hydrogen (secondary N) is 1. The lowest BCUT2D eigenvalue weighted by atomic mass is 10.1. The van der Waals surface area contributed by atoms with Crippen molar-refractivity contribution >= 4 is 46.9 Å². The number of para-hydroxylation sites is 1. The van der Waals surface area contributed by atoms with Gasteiger partial charge in [-0.3, -0.25) is 14.9 Å². The zero-order chi connectivity index (χ0) is 22.8. The number of carbonyl (C=O) groups excluding carboxylic acids is 3. The van der Waals surface area contributed by atoms with E-state index in [0.717, 1.165) is 4.90 Å². The summed E-state index contributed by atoms with van der Waals surface area (Å²) in [6.45, 7) is 0. The molecule has 2 aromatic carbocycles. The van der Waals surface area contributed by atoms with Crippen molar-refractivity contribution in [1.82, 2.24) is 5.32 Å². The molecule has 32 heavy (non-hydrogen) atoms. The van der Waals surface area contributed by atoms with Crippen LogP contribution in [-0.2, 0) is 14.3 Å². The Morgan fingerprint density at radius 1 is 1.09 bits per heavy atom. The van der Waals surface area contributed by atoms with Gasteiger partial charge in [-0.2, -0.15) is 0 Å². The van der Waals surface area contributed by atoms with E-state index in [0.29, 0.717) is 16.9 Å². The van der Waals surface area contributed by atoms with Gasteiger partial charge in [0.2, 0.25) is 0 Å². The zero-order valence-electron chi connectivity index (χ0n) is 16.6. The highest BCUT2D eigenvalue weighted by Gasteiger charge is 2.35. The Morgan fingerprint density at radius 3 is 2.50 bits per heavy atom. The number of thiocarbonyl (C=S) groups is 1. The van der Waals surface area contributed by atoms with Crippen molar-refractivity contribution < 1.29 is 27.9 Å². The molecular formula is C23H15FN2O5S. The topological polar surface area (TPSA) is 88.9 Å². The molecule has 1 fully saturated rings. The second-order valence-corrected chi connectivity index (χ2v) is 7.07. The molecular weight excluding hydrogens is 435 g/mol. The molecule has 0 bridgehead atoms. The van der Waals surface area contributed by atoms with Crippen LogP contribution >= 0.6 is 12.2 Å². The lowest BCUT2D eigenvalue weighted by Crippen LogP contribution is -2.54. The number of rotatable bonds is 4. The number of anilines is 1. The zero-order valence-corrected chi connectivity index (χ0v) is 17.4. The Labute approximate surface area is 187 Å². The van der Waals surface area contributed by atoms with Crippen LogP contribution < -0.4 is 10.2 Å². The average molecular weight is 450 g/mol. The first kappa shape index (κ1) is 21.1.